The summed E-state index contributed by atoms with van der Waals surface area (Å²) in [5.74, 6) is -0.0108. The first kappa shape index (κ1) is 16.7. The fourth-order valence-corrected chi connectivity index (χ4v) is 3.06. The summed E-state index contributed by atoms with van der Waals surface area (Å²) in [6.07, 6.45) is 1.60. The molecule has 0 aliphatic carbocycles. The number of rotatable bonds is 4. The van der Waals surface area contributed by atoms with Crippen molar-refractivity contribution in [1.29, 1.82) is 0 Å². The molecule has 0 N–H and O–H groups in total. The van der Waals surface area contributed by atoms with E-state index >= 15 is 0 Å². The molecule has 2 aromatic carbocycles. The number of carbonyl (C=O) groups excluding carboxylic acids is 1. The monoisotopic (exact) mass is 361 g/mol. The number of amidine groups is 1. The van der Waals surface area contributed by atoms with Crippen molar-refractivity contribution in [1.82, 2.24) is 4.90 Å². The Labute approximate surface area is 148 Å². The Kier molecular flexibility index (Phi) is 5.27. The van der Waals surface area contributed by atoms with Crippen LogP contribution in [0.3, 0.4) is 0 Å². The SMILES string of the molecule is O=C1CSC(=NN=Cc2ccc(Cl)cc2)N1Cc1ccc(F)cc1. The summed E-state index contributed by atoms with van der Waals surface area (Å²) >= 11 is 7.16. The molecule has 1 aliphatic heterocycles. The summed E-state index contributed by atoms with van der Waals surface area (Å²) in [5, 5.41) is 9.36. The number of carbonyl (C=O) groups is 1. The van der Waals surface area contributed by atoms with Gasteiger partial charge in [-0.15, -0.1) is 5.10 Å². The second-order valence-electron chi connectivity index (χ2n) is 5.07. The first-order chi connectivity index (χ1) is 11.6. The molecule has 1 heterocycles. The number of thioether (sulfide) groups is 1. The van der Waals surface area contributed by atoms with E-state index in [9.17, 15) is 9.18 Å². The van der Waals surface area contributed by atoms with E-state index in [0.29, 0.717) is 22.5 Å². The highest BCUT2D eigenvalue weighted by molar-refractivity contribution is 8.15. The van der Waals surface area contributed by atoms with Crippen molar-refractivity contribution in [2.45, 2.75) is 6.54 Å². The maximum Gasteiger partial charge on any atom is 0.239 e. The average molecular weight is 362 g/mol. The zero-order valence-corrected chi connectivity index (χ0v) is 14.1. The Balaban J connectivity index is 1.72. The minimum Gasteiger partial charge on any atom is -0.285 e. The maximum absolute atomic E-state index is 13.0. The molecule has 1 saturated heterocycles. The van der Waals surface area contributed by atoms with Gasteiger partial charge in [0.2, 0.25) is 5.91 Å². The summed E-state index contributed by atoms with van der Waals surface area (Å²) in [4.78, 5) is 13.6. The summed E-state index contributed by atoms with van der Waals surface area (Å²) in [5.41, 5.74) is 1.70. The highest BCUT2D eigenvalue weighted by Crippen LogP contribution is 2.22. The topological polar surface area (TPSA) is 45.0 Å². The molecule has 0 unspecified atom stereocenters. The van der Waals surface area contributed by atoms with Gasteiger partial charge in [0.25, 0.3) is 0 Å². The molecule has 1 fully saturated rings. The van der Waals surface area contributed by atoms with E-state index < -0.39 is 0 Å². The van der Waals surface area contributed by atoms with Gasteiger partial charge in [-0.25, -0.2) is 4.39 Å². The number of nitrogens with zero attached hydrogens (tertiary/aromatic N) is 3. The van der Waals surface area contributed by atoms with Crippen LogP contribution in [0.15, 0.2) is 58.7 Å². The molecule has 0 saturated carbocycles. The van der Waals surface area contributed by atoms with Gasteiger partial charge in [-0.3, -0.25) is 9.69 Å². The lowest BCUT2D eigenvalue weighted by atomic mass is 10.2. The lowest BCUT2D eigenvalue weighted by Gasteiger charge is -2.15. The van der Waals surface area contributed by atoms with Gasteiger partial charge in [-0.1, -0.05) is 47.6 Å². The van der Waals surface area contributed by atoms with Gasteiger partial charge in [-0.2, -0.15) is 5.10 Å². The normalized spacial score (nSPS) is 16.5. The molecule has 3 rings (SSSR count). The van der Waals surface area contributed by atoms with E-state index in [0.717, 1.165) is 11.1 Å². The summed E-state index contributed by atoms with van der Waals surface area (Å²) in [6.45, 7) is 0.349. The van der Waals surface area contributed by atoms with Crippen LogP contribution in [0, 0.1) is 5.82 Å². The predicted octanol–water partition coefficient (Wildman–Crippen LogP) is 3.94. The van der Waals surface area contributed by atoms with Crippen LogP contribution in [0.1, 0.15) is 11.1 Å². The molecule has 0 atom stereocenters. The highest BCUT2D eigenvalue weighted by atomic mass is 35.5. The smallest absolute Gasteiger partial charge is 0.239 e. The molecular formula is C17H13ClFN3OS. The highest BCUT2D eigenvalue weighted by Gasteiger charge is 2.28. The fraction of sp³-hybridized carbons (Fsp3) is 0.118. The van der Waals surface area contributed by atoms with Crippen molar-refractivity contribution in [2.75, 3.05) is 5.75 Å². The van der Waals surface area contributed by atoms with Crippen LogP contribution in [0.25, 0.3) is 0 Å². The van der Waals surface area contributed by atoms with E-state index in [1.165, 1.54) is 23.9 Å². The van der Waals surface area contributed by atoms with Crippen LogP contribution in [-0.4, -0.2) is 27.9 Å². The third-order valence-corrected chi connectivity index (χ3v) is 4.53. The van der Waals surface area contributed by atoms with Gasteiger partial charge in [-0.05, 0) is 35.4 Å². The summed E-state index contributed by atoms with van der Waals surface area (Å²) in [6, 6.07) is 13.2. The van der Waals surface area contributed by atoms with Crippen LogP contribution in [0.5, 0.6) is 0 Å². The molecule has 4 nitrogen and oxygen atoms in total. The van der Waals surface area contributed by atoms with Gasteiger partial charge >= 0.3 is 0 Å². The van der Waals surface area contributed by atoms with Crippen LogP contribution in [0.4, 0.5) is 4.39 Å². The molecule has 1 aliphatic rings. The van der Waals surface area contributed by atoms with Crippen molar-refractivity contribution < 1.29 is 9.18 Å². The molecule has 0 aromatic heterocycles. The quantitative estimate of drug-likeness (QED) is 0.611. The third kappa shape index (κ3) is 4.21. The molecular weight excluding hydrogens is 349 g/mol. The van der Waals surface area contributed by atoms with Gasteiger partial charge in [0.1, 0.15) is 5.82 Å². The molecule has 24 heavy (non-hydrogen) atoms. The minimum atomic E-state index is -0.303. The first-order valence-electron chi connectivity index (χ1n) is 7.16. The molecule has 0 spiro atoms. The van der Waals surface area contributed by atoms with Crippen LogP contribution in [0.2, 0.25) is 5.02 Å². The van der Waals surface area contributed by atoms with Crippen molar-refractivity contribution in [2.24, 2.45) is 10.2 Å². The zero-order valence-electron chi connectivity index (χ0n) is 12.5. The van der Waals surface area contributed by atoms with Gasteiger partial charge in [0, 0.05) is 5.02 Å². The van der Waals surface area contributed by atoms with Gasteiger partial charge < -0.3 is 0 Å². The summed E-state index contributed by atoms with van der Waals surface area (Å²) < 4.78 is 13.0. The van der Waals surface area contributed by atoms with E-state index in [1.807, 2.05) is 12.1 Å². The number of hydrogen-bond acceptors (Lipinski definition) is 4. The predicted molar refractivity (Wildman–Crippen MR) is 95.9 cm³/mol. The molecule has 0 radical (unpaired) electrons. The third-order valence-electron chi connectivity index (χ3n) is 3.33. The Morgan fingerprint density at radius 1 is 1.17 bits per heavy atom. The van der Waals surface area contributed by atoms with Crippen LogP contribution < -0.4 is 0 Å². The molecule has 0 bridgehead atoms. The molecule has 1 amide bonds. The summed E-state index contributed by atoms with van der Waals surface area (Å²) in [7, 11) is 0. The van der Waals surface area contributed by atoms with Crippen molar-refractivity contribution in [3.05, 3.63) is 70.5 Å². The average Bonchev–Trinajstić information content (AvgIpc) is 2.92. The lowest BCUT2D eigenvalue weighted by molar-refractivity contribution is -0.124. The van der Waals surface area contributed by atoms with Crippen LogP contribution >= 0.6 is 23.4 Å². The van der Waals surface area contributed by atoms with Crippen LogP contribution in [-0.2, 0) is 11.3 Å². The first-order valence-corrected chi connectivity index (χ1v) is 8.52. The number of halogens is 2. The number of amides is 1. The second-order valence-corrected chi connectivity index (χ2v) is 6.45. The van der Waals surface area contributed by atoms with E-state index in [1.54, 1.807) is 35.4 Å². The fourth-order valence-electron chi connectivity index (χ4n) is 2.09. The van der Waals surface area contributed by atoms with Gasteiger partial charge in [0.05, 0.1) is 18.5 Å². The van der Waals surface area contributed by atoms with Crippen molar-refractivity contribution in [3.8, 4) is 0 Å². The number of hydrogen-bond donors (Lipinski definition) is 0. The Morgan fingerprint density at radius 2 is 1.88 bits per heavy atom. The number of benzene rings is 2. The Hall–Kier alpha value is -2.18. The maximum atomic E-state index is 13.0. The molecule has 7 heteroatoms. The van der Waals surface area contributed by atoms with Gasteiger partial charge in [0.15, 0.2) is 5.17 Å². The lowest BCUT2D eigenvalue weighted by Crippen LogP contribution is -2.28. The Morgan fingerprint density at radius 3 is 2.58 bits per heavy atom. The van der Waals surface area contributed by atoms with E-state index in [4.69, 9.17) is 11.6 Å². The van der Waals surface area contributed by atoms with Crippen molar-refractivity contribution in [3.63, 3.8) is 0 Å². The molecule has 2 aromatic rings. The van der Waals surface area contributed by atoms with E-state index in [-0.39, 0.29) is 11.7 Å². The minimum absolute atomic E-state index is 0.0373. The van der Waals surface area contributed by atoms with E-state index in [2.05, 4.69) is 10.2 Å². The zero-order chi connectivity index (χ0) is 16.9. The van der Waals surface area contributed by atoms with Crippen molar-refractivity contribution >= 4 is 40.7 Å². The molecule has 122 valence electrons. The second kappa shape index (κ2) is 7.59. The standard InChI is InChI=1S/C17H13ClFN3OS/c18-14-5-1-12(2-6-14)9-20-21-17-22(16(23)11-24-17)10-13-3-7-15(19)8-4-13/h1-9H,10-11H2. The Bertz CT molecular complexity index is 790. The largest absolute Gasteiger partial charge is 0.285 e.